The number of hydrogen-bond acceptors (Lipinski definition) is 3. The summed E-state index contributed by atoms with van der Waals surface area (Å²) in [5, 5.41) is 12.6. The van der Waals surface area contributed by atoms with Crippen LogP contribution in [0.1, 0.15) is 5.56 Å². The molecule has 0 fully saturated rings. The van der Waals surface area contributed by atoms with E-state index in [2.05, 4.69) is 5.32 Å². The summed E-state index contributed by atoms with van der Waals surface area (Å²) in [5.41, 5.74) is 1.11. The second kappa shape index (κ2) is 9.23. The molecule has 28 heavy (non-hydrogen) atoms. The first kappa shape index (κ1) is 19.7. The molecule has 3 nitrogen and oxygen atoms in total. The highest BCUT2D eigenvalue weighted by Crippen LogP contribution is 2.29. The number of benzene rings is 3. The van der Waals surface area contributed by atoms with Crippen LogP contribution in [-0.2, 0) is 4.79 Å². The van der Waals surface area contributed by atoms with Crippen molar-refractivity contribution in [1.29, 1.82) is 5.26 Å². The number of anilines is 1. The molecule has 3 aromatic carbocycles. The Bertz CT molecular complexity index is 1040. The third-order valence-electron chi connectivity index (χ3n) is 3.71. The first-order valence-corrected chi connectivity index (χ1v) is 9.45. The highest BCUT2D eigenvalue weighted by Gasteiger charge is 2.09. The second-order valence-corrected chi connectivity index (χ2v) is 7.34. The number of carbonyl (C=O) groups excluding carboxylic acids is 1. The van der Waals surface area contributed by atoms with E-state index in [0.29, 0.717) is 10.7 Å². The maximum Gasteiger partial charge on any atom is 0.266 e. The van der Waals surface area contributed by atoms with Crippen molar-refractivity contribution in [2.24, 2.45) is 0 Å². The SMILES string of the molecule is N#C/C(=C/c1ccc(Sc2ccc(Cl)cc2)cc1)C(=O)Nc1ccc(F)cc1. The summed E-state index contributed by atoms with van der Waals surface area (Å²) in [5.74, 6) is -0.945. The van der Waals surface area contributed by atoms with Crippen molar-refractivity contribution in [2.45, 2.75) is 9.79 Å². The molecule has 0 aliphatic rings. The molecule has 3 rings (SSSR count). The molecule has 0 aromatic heterocycles. The fraction of sp³-hybridized carbons (Fsp3) is 0. The molecule has 138 valence electrons. The Morgan fingerprint density at radius 2 is 1.54 bits per heavy atom. The minimum atomic E-state index is -0.547. The quantitative estimate of drug-likeness (QED) is 0.405. The molecule has 1 amide bonds. The van der Waals surface area contributed by atoms with Gasteiger partial charge in [0, 0.05) is 20.5 Å². The molecule has 6 heteroatoms. The molecule has 0 spiro atoms. The summed E-state index contributed by atoms with van der Waals surface area (Å²) < 4.78 is 12.9. The zero-order valence-corrected chi connectivity index (χ0v) is 16.1. The van der Waals surface area contributed by atoms with Gasteiger partial charge in [0.2, 0.25) is 0 Å². The Balaban J connectivity index is 1.69. The second-order valence-electron chi connectivity index (χ2n) is 5.76. The van der Waals surface area contributed by atoms with Crippen LogP contribution in [-0.4, -0.2) is 5.91 Å². The molecule has 0 radical (unpaired) electrons. The minimum Gasteiger partial charge on any atom is -0.321 e. The lowest BCUT2D eigenvalue weighted by molar-refractivity contribution is -0.112. The van der Waals surface area contributed by atoms with Gasteiger partial charge in [-0.2, -0.15) is 5.26 Å². The number of amides is 1. The molecule has 0 aliphatic carbocycles. The largest absolute Gasteiger partial charge is 0.321 e. The zero-order chi connectivity index (χ0) is 19.9. The summed E-state index contributed by atoms with van der Waals surface area (Å²) in [6.07, 6.45) is 1.51. The van der Waals surface area contributed by atoms with Gasteiger partial charge >= 0.3 is 0 Å². The predicted molar refractivity (Wildman–Crippen MR) is 111 cm³/mol. The fourth-order valence-electron chi connectivity index (χ4n) is 2.32. The molecule has 0 aliphatic heterocycles. The Labute approximate surface area is 171 Å². The van der Waals surface area contributed by atoms with Gasteiger partial charge in [-0.15, -0.1) is 0 Å². The summed E-state index contributed by atoms with van der Waals surface area (Å²) in [6, 6.07) is 22.3. The molecule has 0 unspecified atom stereocenters. The van der Waals surface area contributed by atoms with Crippen molar-refractivity contribution in [2.75, 3.05) is 5.32 Å². The Morgan fingerprint density at radius 1 is 0.964 bits per heavy atom. The standard InChI is InChI=1S/C22H14ClFN2OS/c23-17-3-11-21(12-4-17)28-20-9-1-15(2-10-20)13-16(14-25)22(27)26-19-7-5-18(24)6-8-19/h1-13H,(H,26,27)/b16-13-. The molecule has 0 atom stereocenters. The summed E-state index contributed by atoms with van der Waals surface area (Å²) >= 11 is 7.47. The Hall–Kier alpha value is -3.07. The third kappa shape index (κ3) is 5.46. The molecule has 0 saturated carbocycles. The molecular weight excluding hydrogens is 395 g/mol. The highest BCUT2D eigenvalue weighted by atomic mass is 35.5. The lowest BCUT2D eigenvalue weighted by Crippen LogP contribution is -2.13. The smallest absolute Gasteiger partial charge is 0.266 e. The highest BCUT2D eigenvalue weighted by molar-refractivity contribution is 7.99. The van der Waals surface area contributed by atoms with E-state index in [1.807, 2.05) is 54.6 Å². The molecule has 0 saturated heterocycles. The first-order valence-electron chi connectivity index (χ1n) is 8.26. The zero-order valence-electron chi connectivity index (χ0n) is 14.5. The van der Waals surface area contributed by atoms with E-state index >= 15 is 0 Å². The maximum atomic E-state index is 12.9. The summed E-state index contributed by atoms with van der Waals surface area (Å²) in [4.78, 5) is 14.3. The fourth-order valence-corrected chi connectivity index (χ4v) is 3.26. The summed E-state index contributed by atoms with van der Waals surface area (Å²) in [7, 11) is 0. The van der Waals surface area contributed by atoms with Gasteiger partial charge in [0.05, 0.1) is 0 Å². The number of carbonyl (C=O) groups is 1. The average Bonchev–Trinajstić information content (AvgIpc) is 2.71. The van der Waals surface area contributed by atoms with Gasteiger partial charge in [0.25, 0.3) is 5.91 Å². The van der Waals surface area contributed by atoms with E-state index in [9.17, 15) is 14.4 Å². The van der Waals surface area contributed by atoms with Gasteiger partial charge in [-0.05, 0) is 72.3 Å². The van der Waals surface area contributed by atoms with Crippen LogP contribution < -0.4 is 5.32 Å². The van der Waals surface area contributed by atoms with E-state index in [4.69, 9.17) is 11.6 Å². The molecule has 0 heterocycles. The van der Waals surface area contributed by atoms with Gasteiger partial charge < -0.3 is 5.32 Å². The maximum absolute atomic E-state index is 12.9. The molecular formula is C22H14ClFN2OS. The van der Waals surface area contributed by atoms with E-state index in [1.165, 1.54) is 30.3 Å². The topological polar surface area (TPSA) is 52.9 Å². The van der Waals surface area contributed by atoms with Crippen molar-refractivity contribution in [3.63, 3.8) is 0 Å². The van der Waals surface area contributed by atoms with Crippen molar-refractivity contribution in [1.82, 2.24) is 0 Å². The van der Waals surface area contributed by atoms with E-state index in [-0.39, 0.29) is 5.57 Å². The van der Waals surface area contributed by atoms with Gasteiger partial charge in [-0.1, -0.05) is 35.5 Å². The van der Waals surface area contributed by atoms with Crippen LogP contribution in [0.2, 0.25) is 5.02 Å². The average molecular weight is 409 g/mol. The van der Waals surface area contributed by atoms with Crippen LogP contribution in [0.3, 0.4) is 0 Å². The predicted octanol–water partition coefficient (Wildman–Crippen LogP) is 6.18. The number of hydrogen-bond donors (Lipinski definition) is 1. The number of nitriles is 1. The van der Waals surface area contributed by atoms with E-state index < -0.39 is 11.7 Å². The van der Waals surface area contributed by atoms with Crippen molar-refractivity contribution >= 4 is 41.0 Å². The molecule has 0 bridgehead atoms. The van der Waals surface area contributed by atoms with Gasteiger partial charge in [-0.3, -0.25) is 4.79 Å². The number of halogens is 2. The van der Waals surface area contributed by atoms with Crippen LogP contribution >= 0.6 is 23.4 Å². The number of nitrogens with one attached hydrogen (secondary N) is 1. The number of nitrogens with zero attached hydrogens (tertiary/aromatic N) is 1. The molecule has 1 N–H and O–H groups in total. The first-order chi connectivity index (χ1) is 13.5. The van der Waals surface area contributed by atoms with Gasteiger partial charge in [-0.25, -0.2) is 4.39 Å². The van der Waals surface area contributed by atoms with Crippen LogP contribution in [0.15, 0.2) is 88.2 Å². The molecule has 3 aromatic rings. The van der Waals surface area contributed by atoms with Crippen LogP contribution in [0.25, 0.3) is 6.08 Å². The van der Waals surface area contributed by atoms with Crippen molar-refractivity contribution in [3.05, 3.63) is 94.8 Å². The van der Waals surface area contributed by atoms with Crippen LogP contribution in [0.5, 0.6) is 0 Å². The van der Waals surface area contributed by atoms with Gasteiger partial charge in [0.1, 0.15) is 17.5 Å². The van der Waals surface area contributed by atoms with Crippen LogP contribution in [0, 0.1) is 17.1 Å². The van der Waals surface area contributed by atoms with E-state index in [1.54, 1.807) is 11.8 Å². The van der Waals surface area contributed by atoms with E-state index in [0.717, 1.165) is 15.4 Å². The Morgan fingerprint density at radius 3 is 2.11 bits per heavy atom. The van der Waals surface area contributed by atoms with Crippen molar-refractivity contribution in [3.8, 4) is 6.07 Å². The lowest BCUT2D eigenvalue weighted by Gasteiger charge is -2.05. The normalized spacial score (nSPS) is 11.0. The van der Waals surface area contributed by atoms with Crippen molar-refractivity contribution < 1.29 is 9.18 Å². The monoisotopic (exact) mass is 408 g/mol. The summed E-state index contributed by atoms with van der Waals surface area (Å²) in [6.45, 7) is 0. The number of rotatable bonds is 5. The Kier molecular flexibility index (Phi) is 6.49. The third-order valence-corrected chi connectivity index (χ3v) is 4.98. The van der Waals surface area contributed by atoms with Gasteiger partial charge in [0.15, 0.2) is 0 Å². The van der Waals surface area contributed by atoms with Crippen LogP contribution in [0.4, 0.5) is 10.1 Å². The lowest BCUT2D eigenvalue weighted by atomic mass is 10.1. The minimum absolute atomic E-state index is 0.0394.